The van der Waals surface area contributed by atoms with Crippen LogP contribution in [0.5, 0.6) is 0 Å². The topological polar surface area (TPSA) is 15.6 Å². The Balaban J connectivity index is 2.01. The third-order valence-electron chi connectivity index (χ3n) is 4.93. The van der Waals surface area contributed by atoms with Gasteiger partial charge >= 0.3 is 0 Å². The van der Waals surface area contributed by atoms with Gasteiger partial charge in [-0.2, -0.15) is 0 Å². The van der Waals surface area contributed by atoms with E-state index in [1.54, 1.807) is 12.3 Å². The van der Waals surface area contributed by atoms with Gasteiger partial charge in [0, 0.05) is 29.6 Å². The number of nitrogens with zero attached hydrogens (tertiary/aromatic N) is 2. The van der Waals surface area contributed by atoms with Crippen LogP contribution in [0.2, 0.25) is 0 Å². The molecule has 0 radical (unpaired) electrons. The van der Waals surface area contributed by atoms with Gasteiger partial charge in [0.05, 0.1) is 11.2 Å². The first-order chi connectivity index (χ1) is 12.3. The highest BCUT2D eigenvalue weighted by Gasteiger charge is 2.31. The van der Waals surface area contributed by atoms with Gasteiger partial charge < -0.3 is 4.90 Å². The molecule has 0 saturated carbocycles. The average molecular weight is 350 g/mol. The van der Waals surface area contributed by atoms with E-state index in [1.807, 2.05) is 37.3 Å². The predicted octanol–water partition coefficient (Wildman–Crippen LogP) is 6.30. The highest BCUT2D eigenvalue weighted by molar-refractivity contribution is 5.89. The molecule has 3 heteroatoms. The van der Waals surface area contributed by atoms with Crippen molar-refractivity contribution in [2.24, 2.45) is 4.99 Å². The SMILES string of the molecule is CCCN1c2cc(F)c(C=Nc3ccc(C)cc3)cc2C(C)=CC1(C)C. The number of anilines is 1. The third kappa shape index (κ3) is 3.57. The van der Waals surface area contributed by atoms with E-state index in [2.05, 4.69) is 43.7 Å². The van der Waals surface area contributed by atoms with E-state index in [-0.39, 0.29) is 11.4 Å². The molecule has 2 aromatic rings. The number of benzene rings is 2. The number of allylic oxidation sites excluding steroid dienone is 1. The summed E-state index contributed by atoms with van der Waals surface area (Å²) in [5.41, 5.74) is 5.66. The van der Waals surface area contributed by atoms with Crippen LogP contribution in [0.4, 0.5) is 15.8 Å². The molecule has 0 unspecified atom stereocenters. The van der Waals surface area contributed by atoms with Crippen LogP contribution in [0, 0.1) is 12.7 Å². The standard InChI is InChI=1S/C23H27FN2/c1-6-11-26-22-13-21(24)18(12-20(22)17(3)14-23(26,4)5)15-25-19-9-7-16(2)8-10-19/h7-10,12-15H,6,11H2,1-5H3. The lowest BCUT2D eigenvalue weighted by Gasteiger charge is -2.43. The third-order valence-corrected chi connectivity index (χ3v) is 4.93. The summed E-state index contributed by atoms with van der Waals surface area (Å²) in [5.74, 6) is -0.230. The number of fused-ring (bicyclic) bond motifs is 1. The summed E-state index contributed by atoms with van der Waals surface area (Å²) >= 11 is 0. The summed E-state index contributed by atoms with van der Waals surface area (Å²) in [6.45, 7) is 11.6. The van der Waals surface area contributed by atoms with Gasteiger partial charge in [0.25, 0.3) is 0 Å². The zero-order valence-electron chi connectivity index (χ0n) is 16.3. The molecule has 136 valence electrons. The Labute approximate surface area is 156 Å². The van der Waals surface area contributed by atoms with Crippen molar-refractivity contribution in [3.8, 4) is 0 Å². The van der Waals surface area contributed by atoms with E-state index >= 15 is 0 Å². The van der Waals surface area contributed by atoms with Crippen molar-refractivity contribution in [1.29, 1.82) is 0 Å². The Hall–Kier alpha value is -2.42. The van der Waals surface area contributed by atoms with Gasteiger partial charge in [-0.05, 0) is 64.0 Å². The Morgan fingerprint density at radius 1 is 1.12 bits per heavy atom. The maximum absolute atomic E-state index is 14.8. The molecule has 0 N–H and O–H groups in total. The normalized spacial score (nSPS) is 15.9. The molecule has 0 aromatic heterocycles. The smallest absolute Gasteiger partial charge is 0.134 e. The lowest BCUT2D eigenvalue weighted by Crippen LogP contribution is -2.45. The molecule has 26 heavy (non-hydrogen) atoms. The van der Waals surface area contributed by atoms with Crippen LogP contribution in [0.1, 0.15) is 50.8 Å². The number of aryl methyl sites for hydroxylation is 1. The fraction of sp³-hybridized carbons (Fsp3) is 0.348. The van der Waals surface area contributed by atoms with Crippen molar-refractivity contribution in [3.63, 3.8) is 0 Å². The fourth-order valence-electron chi connectivity index (χ4n) is 3.62. The molecule has 0 bridgehead atoms. The van der Waals surface area contributed by atoms with Crippen LogP contribution < -0.4 is 4.90 Å². The van der Waals surface area contributed by atoms with Crippen molar-refractivity contribution < 1.29 is 4.39 Å². The second-order valence-corrected chi connectivity index (χ2v) is 7.62. The number of hydrogen-bond acceptors (Lipinski definition) is 2. The summed E-state index contributed by atoms with van der Waals surface area (Å²) < 4.78 is 14.8. The summed E-state index contributed by atoms with van der Waals surface area (Å²) in [6.07, 6.45) is 4.91. The zero-order chi connectivity index (χ0) is 18.9. The lowest BCUT2D eigenvalue weighted by atomic mass is 9.87. The first-order valence-corrected chi connectivity index (χ1v) is 9.23. The average Bonchev–Trinajstić information content (AvgIpc) is 2.58. The van der Waals surface area contributed by atoms with Crippen molar-refractivity contribution in [1.82, 2.24) is 0 Å². The van der Waals surface area contributed by atoms with E-state index in [4.69, 9.17) is 0 Å². The van der Waals surface area contributed by atoms with Crippen molar-refractivity contribution in [2.45, 2.75) is 46.6 Å². The van der Waals surface area contributed by atoms with Crippen molar-refractivity contribution in [3.05, 3.63) is 65.0 Å². The molecule has 0 fully saturated rings. The van der Waals surface area contributed by atoms with Gasteiger partial charge in [-0.25, -0.2) is 4.39 Å². The highest BCUT2D eigenvalue weighted by Crippen LogP contribution is 2.40. The van der Waals surface area contributed by atoms with Gasteiger partial charge in [-0.15, -0.1) is 0 Å². The summed E-state index contributed by atoms with van der Waals surface area (Å²) in [5, 5.41) is 0. The number of halogens is 1. The van der Waals surface area contributed by atoms with Gasteiger partial charge in [0.2, 0.25) is 0 Å². The summed E-state index contributed by atoms with van der Waals surface area (Å²) in [4.78, 5) is 6.73. The minimum Gasteiger partial charge on any atom is -0.362 e. The summed E-state index contributed by atoms with van der Waals surface area (Å²) in [7, 11) is 0. The predicted molar refractivity (Wildman–Crippen MR) is 110 cm³/mol. The van der Waals surface area contributed by atoms with Crippen LogP contribution in [0.15, 0.2) is 47.5 Å². The quantitative estimate of drug-likeness (QED) is 0.591. The molecule has 0 atom stereocenters. The molecule has 2 nitrogen and oxygen atoms in total. The second-order valence-electron chi connectivity index (χ2n) is 7.62. The molecule has 0 amide bonds. The molecular formula is C23H27FN2. The second kappa shape index (κ2) is 7.06. The largest absolute Gasteiger partial charge is 0.362 e. The zero-order valence-corrected chi connectivity index (χ0v) is 16.3. The molecule has 1 aliphatic heterocycles. The molecule has 1 heterocycles. The minimum atomic E-state index is -0.230. The van der Waals surface area contributed by atoms with E-state index < -0.39 is 0 Å². The Bertz CT molecular complexity index is 861. The molecule has 1 aliphatic rings. The van der Waals surface area contributed by atoms with Gasteiger partial charge in [-0.1, -0.05) is 30.7 Å². The van der Waals surface area contributed by atoms with Crippen molar-refractivity contribution >= 4 is 23.2 Å². The summed E-state index contributed by atoms with van der Waals surface area (Å²) in [6, 6.07) is 11.5. The van der Waals surface area contributed by atoms with Crippen molar-refractivity contribution in [2.75, 3.05) is 11.4 Å². The van der Waals surface area contributed by atoms with Gasteiger partial charge in [0.1, 0.15) is 5.82 Å². The Kier molecular flexibility index (Phi) is 4.99. The van der Waals surface area contributed by atoms with Crippen LogP contribution in [-0.4, -0.2) is 18.3 Å². The first kappa shape index (κ1) is 18.4. The Morgan fingerprint density at radius 2 is 1.81 bits per heavy atom. The number of rotatable bonds is 4. The Morgan fingerprint density at radius 3 is 2.46 bits per heavy atom. The van der Waals surface area contributed by atoms with E-state index in [0.29, 0.717) is 5.56 Å². The lowest BCUT2D eigenvalue weighted by molar-refractivity contribution is 0.546. The van der Waals surface area contributed by atoms with Crippen LogP contribution in [0.25, 0.3) is 5.57 Å². The van der Waals surface area contributed by atoms with E-state index in [9.17, 15) is 4.39 Å². The van der Waals surface area contributed by atoms with Gasteiger partial charge in [-0.3, -0.25) is 4.99 Å². The monoisotopic (exact) mass is 350 g/mol. The molecule has 3 rings (SSSR count). The fourth-order valence-corrected chi connectivity index (χ4v) is 3.62. The molecule has 2 aromatic carbocycles. The maximum Gasteiger partial charge on any atom is 0.134 e. The minimum absolute atomic E-state index is 0.114. The first-order valence-electron chi connectivity index (χ1n) is 9.23. The molecule has 0 aliphatic carbocycles. The molecule has 0 spiro atoms. The highest BCUT2D eigenvalue weighted by atomic mass is 19.1. The number of aliphatic imine (C=N–C) groups is 1. The molecule has 0 saturated heterocycles. The maximum atomic E-state index is 14.8. The molecular weight excluding hydrogens is 323 g/mol. The van der Waals surface area contributed by atoms with E-state index in [1.165, 1.54) is 11.1 Å². The van der Waals surface area contributed by atoms with Crippen LogP contribution in [-0.2, 0) is 0 Å². The number of hydrogen-bond donors (Lipinski definition) is 0. The van der Waals surface area contributed by atoms with E-state index in [0.717, 1.165) is 29.9 Å². The van der Waals surface area contributed by atoms with Crippen LogP contribution in [0.3, 0.4) is 0 Å². The van der Waals surface area contributed by atoms with Gasteiger partial charge in [0.15, 0.2) is 0 Å². The van der Waals surface area contributed by atoms with Crippen LogP contribution >= 0.6 is 0 Å².